The minimum atomic E-state index is -0.102. The molecule has 2 heteroatoms. The molecule has 4 atom stereocenters. The molecule has 2 fully saturated rings. The second-order valence-electron chi connectivity index (χ2n) is 7.53. The Hall–Kier alpha value is -0.890. The highest BCUT2D eigenvalue weighted by Crippen LogP contribution is 2.60. The Kier molecular flexibility index (Phi) is 2.76. The van der Waals surface area contributed by atoms with Gasteiger partial charge in [0.05, 0.1) is 6.10 Å². The van der Waals surface area contributed by atoms with Gasteiger partial charge >= 0.3 is 0 Å². The van der Waals surface area contributed by atoms with E-state index in [4.69, 9.17) is 0 Å². The zero-order valence-electron chi connectivity index (χ0n) is 12.3. The van der Waals surface area contributed by atoms with Gasteiger partial charge in [-0.25, -0.2) is 0 Å². The number of aliphatic hydroxyl groups is 1. The Balaban J connectivity index is 1.77. The lowest BCUT2D eigenvalue weighted by Gasteiger charge is -2.50. The molecule has 0 amide bonds. The zero-order valence-corrected chi connectivity index (χ0v) is 12.3. The predicted molar refractivity (Wildman–Crippen MR) is 78.1 cm³/mol. The smallest absolute Gasteiger partial charge is 0.155 e. The largest absolute Gasteiger partial charge is 0.393 e. The molecule has 0 heterocycles. The van der Waals surface area contributed by atoms with Crippen molar-refractivity contribution in [1.82, 2.24) is 0 Å². The molecule has 0 aromatic heterocycles. The van der Waals surface area contributed by atoms with E-state index in [0.717, 1.165) is 38.5 Å². The van der Waals surface area contributed by atoms with Gasteiger partial charge in [0, 0.05) is 6.42 Å². The van der Waals surface area contributed by atoms with E-state index >= 15 is 0 Å². The maximum absolute atomic E-state index is 11.7. The van der Waals surface area contributed by atoms with Gasteiger partial charge in [-0.05, 0) is 68.3 Å². The fraction of sp³-hybridized carbons (Fsp3) is 0.722. The summed E-state index contributed by atoms with van der Waals surface area (Å²) in [5.41, 5.74) is 4.97. The van der Waals surface area contributed by atoms with Gasteiger partial charge in [0.15, 0.2) is 5.78 Å². The second-order valence-corrected chi connectivity index (χ2v) is 7.53. The number of hydrogen-bond donors (Lipinski definition) is 1. The highest BCUT2D eigenvalue weighted by Gasteiger charge is 2.49. The predicted octanol–water partition coefficient (Wildman–Crippen LogP) is 3.55. The Labute approximate surface area is 120 Å². The van der Waals surface area contributed by atoms with Crippen molar-refractivity contribution in [3.05, 3.63) is 22.8 Å². The van der Waals surface area contributed by atoms with Crippen LogP contribution in [0.5, 0.6) is 0 Å². The zero-order chi connectivity index (χ0) is 13.9. The average Bonchev–Trinajstić information content (AvgIpc) is 2.78. The summed E-state index contributed by atoms with van der Waals surface area (Å²) in [5, 5.41) is 10.0. The molecule has 0 saturated heterocycles. The van der Waals surface area contributed by atoms with Crippen LogP contribution in [0, 0.1) is 17.3 Å². The molecule has 0 radical (unpaired) electrons. The lowest BCUT2D eigenvalue weighted by Crippen LogP contribution is -2.40. The molecule has 20 heavy (non-hydrogen) atoms. The van der Waals surface area contributed by atoms with E-state index in [-0.39, 0.29) is 11.5 Å². The molecule has 0 bridgehead atoms. The maximum Gasteiger partial charge on any atom is 0.155 e. The molecule has 4 rings (SSSR count). The van der Waals surface area contributed by atoms with Gasteiger partial charge < -0.3 is 5.11 Å². The third-order valence-corrected chi connectivity index (χ3v) is 6.50. The molecule has 4 unspecified atom stereocenters. The van der Waals surface area contributed by atoms with Crippen molar-refractivity contribution in [2.75, 3.05) is 0 Å². The van der Waals surface area contributed by atoms with Crippen LogP contribution in [0.4, 0.5) is 0 Å². The SMILES string of the molecule is CC12CCC3CC(O)CC3=C1CCC1=CC(=O)CCC12. The van der Waals surface area contributed by atoms with Crippen LogP contribution >= 0.6 is 0 Å². The minimum absolute atomic E-state index is 0.102. The number of rotatable bonds is 0. The van der Waals surface area contributed by atoms with Gasteiger partial charge in [-0.1, -0.05) is 23.6 Å². The van der Waals surface area contributed by atoms with Crippen molar-refractivity contribution in [2.45, 2.75) is 64.4 Å². The average molecular weight is 272 g/mol. The first kappa shape index (κ1) is 12.8. The number of fused-ring (bicyclic) bond motifs is 4. The van der Waals surface area contributed by atoms with E-state index in [1.54, 1.807) is 11.1 Å². The lowest BCUT2D eigenvalue weighted by atomic mass is 9.54. The highest BCUT2D eigenvalue weighted by molar-refractivity contribution is 5.91. The molecule has 4 aliphatic rings. The molecule has 0 aromatic carbocycles. The summed E-state index contributed by atoms with van der Waals surface area (Å²) in [5.74, 6) is 1.58. The van der Waals surface area contributed by atoms with Crippen LogP contribution in [0.3, 0.4) is 0 Å². The first-order valence-electron chi connectivity index (χ1n) is 8.21. The van der Waals surface area contributed by atoms with Gasteiger partial charge in [-0.2, -0.15) is 0 Å². The summed E-state index contributed by atoms with van der Waals surface area (Å²) >= 11 is 0. The van der Waals surface area contributed by atoms with Gasteiger partial charge in [-0.3, -0.25) is 4.79 Å². The van der Waals surface area contributed by atoms with Crippen molar-refractivity contribution in [3.63, 3.8) is 0 Å². The number of allylic oxidation sites excluding steroid dienone is 3. The molecule has 1 N–H and O–H groups in total. The van der Waals surface area contributed by atoms with Crippen LogP contribution in [-0.2, 0) is 4.79 Å². The summed E-state index contributed by atoms with van der Waals surface area (Å²) < 4.78 is 0. The van der Waals surface area contributed by atoms with Crippen LogP contribution in [0.2, 0.25) is 0 Å². The van der Waals surface area contributed by atoms with Crippen molar-refractivity contribution in [3.8, 4) is 0 Å². The fourth-order valence-electron chi connectivity index (χ4n) is 5.55. The molecular weight excluding hydrogens is 248 g/mol. The van der Waals surface area contributed by atoms with Gasteiger partial charge in [0.25, 0.3) is 0 Å². The molecule has 0 aromatic rings. The number of aliphatic hydroxyl groups excluding tert-OH is 1. The van der Waals surface area contributed by atoms with E-state index < -0.39 is 0 Å². The number of carbonyl (C=O) groups excluding carboxylic acids is 1. The minimum Gasteiger partial charge on any atom is -0.393 e. The summed E-state index contributed by atoms with van der Waals surface area (Å²) in [7, 11) is 0. The molecule has 2 nitrogen and oxygen atoms in total. The standard InChI is InChI=1S/C18H24O2/c1-18-7-6-11-8-14(20)10-15(11)17(18)4-2-12-9-13(19)3-5-16(12)18/h9,11,14,16,20H,2-8,10H2,1H3. The summed E-state index contributed by atoms with van der Waals surface area (Å²) in [6.07, 6.45) is 10.2. The lowest BCUT2D eigenvalue weighted by molar-refractivity contribution is -0.115. The van der Waals surface area contributed by atoms with Crippen LogP contribution in [0.15, 0.2) is 22.8 Å². The van der Waals surface area contributed by atoms with Gasteiger partial charge in [0.1, 0.15) is 0 Å². The number of hydrogen-bond acceptors (Lipinski definition) is 2. The highest BCUT2D eigenvalue weighted by atomic mass is 16.3. The number of carbonyl (C=O) groups is 1. The number of ketones is 1. The third kappa shape index (κ3) is 1.70. The van der Waals surface area contributed by atoms with Crippen LogP contribution < -0.4 is 0 Å². The first-order valence-corrected chi connectivity index (χ1v) is 8.21. The monoisotopic (exact) mass is 272 g/mol. The quantitative estimate of drug-likeness (QED) is 0.685. The molecule has 0 spiro atoms. The summed E-state index contributed by atoms with van der Waals surface area (Å²) in [4.78, 5) is 11.7. The van der Waals surface area contributed by atoms with Crippen LogP contribution in [0.25, 0.3) is 0 Å². The third-order valence-electron chi connectivity index (χ3n) is 6.50. The van der Waals surface area contributed by atoms with Crippen LogP contribution in [-0.4, -0.2) is 17.0 Å². The molecule has 2 saturated carbocycles. The molecular formula is C18H24O2. The molecule has 4 aliphatic carbocycles. The maximum atomic E-state index is 11.7. The van der Waals surface area contributed by atoms with Crippen molar-refractivity contribution >= 4 is 5.78 Å². The van der Waals surface area contributed by atoms with Gasteiger partial charge in [0.2, 0.25) is 0 Å². The summed E-state index contributed by atoms with van der Waals surface area (Å²) in [6.45, 7) is 2.43. The van der Waals surface area contributed by atoms with E-state index in [1.165, 1.54) is 18.4 Å². The van der Waals surface area contributed by atoms with E-state index in [1.807, 2.05) is 6.08 Å². The fourth-order valence-corrected chi connectivity index (χ4v) is 5.55. The van der Waals surface area contributed by atoms with Crippen LogP contribution in [0.1, 0.15) is 58.3 Å². The first-order chi connectivity index (χ1) is 9.58. The van der Waals surface area contributed by atoms with E-state index in [2.05, 4.69) is 6.92 Å². The van der Waals surface area contributed by atoms with E-state index in [9.17, 15) is 9.90 Å². The normalized spacial score (nSPS) is 43.8. The van der Waals surface area contributed by atoms with Crippen molar-refractivity contribution in [2.24, 2.45) is 17.3 Å². The molecule has 108 valence electrons. The summed E-state index contributed by atoms with van der Waals surface area (Å²) in [6, 6.07) is 0. The molecule has 0 aliphatic heterocycles. The Morgan fingerprint density at radius 1 is 1.25 bits per heavy atom. The van der Waals surface area contributed by atoms with Gasteiger partial charge in [-0.15, -0.1) is 0 Å². The van der Waals surface area contributed by atoms with Crippen molar-refractivity contribution in [1.29, 1.82) is 0 Å². The van der Waals surface area contributed by atoms with Crippen molar-refractivity contribution < 1.29 is 9.90 Å². The Morgan fingerprint density at radius 2 is 2.10 bits per heavy atom. The topological polar surface area (TPSA) is 37.3 Å². The Bertz CT molecular complexity index is 528. The van der Waals surface area contributed by atoms with E-state index in [0.29, 0.717) is 17.6 Å². The Morgan fingerprint density at radius 3 is 2.95 bits per heavy atom. The second kappa shape index (κ2) is 4.30.